The number of hydrogen-bond acceptors (Lipinski definition) is 5. The molecule has 0 aliphatic carbocycles. The van der Waals surface area contributed by atoms with Crippen LogP contribution in [0.5, 0.6) is 0 Å². The molecule has 0 saturated carbocycles. The zero-order valence-corrected chi connectivity index (χ0v) is 12.5. The number of aliphatic hydroxyl groups excluding tert-OH is 1. The summed E-state index contributed by atoms with van der Waals surface area (Å²) in [5, 5.41) is 12.2. The lowest BCUT2D eigenvalue weighted by Gasteiger charge is -2.09. The van der Waals surface area contributed by atoms with Gasteiger partial charge in [-0.1, -0.05) is 0 Å². The topological polar surface area (TPSA) is 92.4 Å². The van der Waals surface area contributed by atoms with Gasteiger partial charge in [0.2, 0.25) is 9.84 Å². The SMILES string of the molecule is CC(O)CNc1ccc(S(=O)(=O)c2ccc(N)cc2)cc1. The van der Waals surface area contributed by atoms with Crippen LogP contribution in [0, 0.1) is 0 Å². The summed E-state index contributed by atoms with van der Waals surface area (Å²) >= 11 is 0. The molecule has 1 atom stereocenters. The second-order valence-electron chi connectivity index (χ2n) is 4.83. The van der Waals surface area contributed by atoms with Gasteiger partial charge in [0, 0.05) is 17.9 Å². The molecule has 2 aromatic carbocycles. The van der Waals surface area contributed by atoms with Crippen LogP contribution in [0.3, 0.4) is 0 Å². The number of benzene rings is 2. The molecule has 21 heavy (non-hydrogen) atoms. The number of aliphatic hydroxyl groups is 1. The van der Waals surface area contributed by atoms with E-state index in [1.165, 1.54) is 24.3 Å². The summed E-state index contributed by atoms with van der Waals surface area (Å²) in [6.07, 6.45) is -0.469. The van der Waals surface area contributed by atoms with Gasteiger partial charge in [0.05, 0.1) is 15.9 Å². The Morgan fingerprint density at radius 1 is 1.05 bits per heavy atom. The van der Waals surface area contributed by atoms with Gasteiger partial charge in [-0.3, -0.25) is 0 Å². The van der Waals surface area contributed by atoms with Gasteiger partial charge in [0.15, 0.2) is 0 Å². The first-order valence-electron chi connectivity index (χ1n) is 6.52. The molecule has 1 unspecified atom stereocenters. The highest BCUT2D eigenvalue weighted by molar-refractivity contribution is 7.91. The molecule has 112 valence electrons. The zero-order valence-electron chi connectivity index (χ0n) is 11.7. The van der Waals surface area contributed by atoms with Gasteiger partial charge in [-0.05, 0) is 55.5 Å². The molecule has 0 spiro atoms. The predicted octanol–water partition coefficient (Wildman–Crippen LogP) is 1.89. The molecule has 0 bridgehead atoms. The van der Waals surface area contributed by atoms with Crippen molar-refractivity contribution in [3.05, 3.63) is 48.5 Å². The summed E-state index contributed by atoms with van der Waals surface area (Å²) in [6, 6.07) is 12.5. The van der Waals surface area contributed by atoms with E-state index in [1.54, 1.807) is 31.2 Å². The monoisotopic (exact) mass is 306 g/mol. The van der Waals surface area contributed by atoms with Crippen LogP contribution in [0.1, 0.15) is 6.92 Å². The number of nitrogen functional groups attached to an aromatic ring is 1. The molecular formula is C15H18N2O3S. The van der Waals surface area contributed by atoms with Gasteiger partial charge in [-0.2, -0.15) is 0 Å². The number of hydrogen-bond donors (Lipinski definition) is 3. The summed E-state index contributed by atoms with van der Waals surface area (Å²) < 4.78 is 24.8. The summed E-state index contributed by atoms with van der Waals surface area (Å²) in [5.41, 5.74) is 6.84. The fraction of sp³-hybridized carbons (Fsp3) is 0.200. The minimum atomic E-state index is -3.54. The molecule has 2 aromatic rings. The van der Waals surface area contributed by atoms with Crippen LogP contribution in [0.2, 0.25) is 0 Å². The molecule has 5 nitrogen and oxygen atoms in total. The standard InChI is InChI=1S/C15H18N2O3S/c1-11(18)10-17-13-4-8-15(9-5-13)21(19,20)14-6-2-12(16)3-7-14/h2-9,11,17-18H,10,16H2,1H3. The number of sulfone groups is 1. The number of nitrogens with one attached hydrogen (secondary N) is 1. The molecule has 0 heterocycles. The summed E-state index contributed by atoms with van der Waals surface area (Å²) in [6.45, 7) is 2.08. The summed E-state index contributed by atoms with van der Waals surface area (Å²) in [5.74, 6) is 0. The molecule has 4 N–H and O–H groups in total. The molecule has 0 aromatic heterocycles. The molecule has 0 saturated heterocycles. The van der Waals surface area contributed by atoms with Crippen molar-refractivity contribution in [1.82, 2.24) is 0 Å². The highest BCUT2D eigenvalue weighted by Gasteiger charge is 2.17. The fourth-order valence-electron chi connectivity index (χ4n) is 1.80. The van der Waals surface area contributed by atoms with Crippen LogP contribution in [0.4, 0.5) is 11.4 Å². The average Bonchev–Trinajstić information content (AvgIpc) is 2.46. The van der Waals surface area contributed by atoms with E-state index < -0.39 is 15.9 Å². The first kappa shape index (κ1) is 15.3. The lowest BCUT2D eigenvalue weighted by molar-refractivity contribution is 0.208. The summed E-state index contributed by atoms with van der Waals surface area (Å²) in [7, 11) is -3.54. The predicted molar refractivity (Wildman–Crippen MR) is 82.9 cm³/mol. The van der Waals surface area contributed by atoms with Crippen molar-refractivity contribution in [3.8, 4) is 0 Å². The molecule has 0 aliphatic rings. The van der Waals surface area contributed by atoms with Crippen molar-refractivity contribution in [2.45, 2.75) is 22.8 Å². The van der Waals surface area contributed by atoms with Crippen molar-refractivity contribution in [3.63, 3.8) is 0 Å². The van der Waals surface area contributed by atoms with Crippen molar-refractivity contribution in [2.24, 2.45) is 0 Å². The van der Waals surface area contributed by atoms with E-state index in [9.17, 15) is 13.5 Å². The van der Waals surface area contributed by atoms with E-state index in [-0.39, 0.29) is 9.79 Å². The Bertz CT molecular complexity index is 693. The maximum atomic E-state index is 12.4. The highest BCUT2D eigenvalue weighted by Crippen LogP contribution is 2.23. The van der Waals surface area contributed by atoms with Crippen LogP contribution in [0.25, 0.3) is 0 Å². The smallest absolute Gasteiger partial charge is 0.206 e. The van der Waals surface area contributed by atoms with Crippen LogP contribution in [-0.2, 0) is 9.84 Å². The Hall–Kier alpha value is -2.05. The van der Waals surface area contributed by atoms with Crippen molar-refractivity contribution in [2.75, 3.05) is 17.6 Å². The van der Waals surface area contributed by atoms with Crippen LogP contribution in [-0.4, -0.2) is 26.2 Å². The van der Waals surface area contributed by atoms with Crippen LogP contribution in [0.15, 0.2) is 58.3 Å². The van der Waals surface area contributed by atoms with E-state index in [1.807, 2.05) is 0 Å². The van der Waals surface area contributed by atoms with Gasteiger partial charge in [0.1, 0.15) is 0 Å². The highest BCUT2D eigenvalue weighted by atomic mass is 32.2. The molecule has 6 heteroatoms. The van der Waals surface area contributed by atoms with Gasteiger partial charge >= 0.3 is 0 Å². The molecular weight excluding hydrogens is 288 g/mol. The van der Waals surface area contributed by atoms with Crippen molar-refractivity contribution < 1.29 is 13.5 Å². The lowest BCUT2D eigenvalue weighted by atomic mass is 10.3. The second-order valence-corrected chi connectivity index (χ2v) is 6.78. The quantitative estimate of drug-likeness (QED) is 0.734. The van der Waals surface area contributed by atoms with Crippen LogP contribution < -0.4 is 11.1 Å². The van der Waals surface area contributed by atoms with Crippen molar-refractivity contribution in [1.29, 1.82) is 0 Å². The third-order valence-corrected chi connectivity index (χ3v) is 4.74. The van der Waals surface area contributed by atoms with E-state index in [0.29, 0.717) is 12.2 Å². The van der Waals surface area contributed by atoms with Gasteiger partial charge < -0.3 is 16.2 Å². The van der Waals surface area contributed by atoms with E-state index >= 15 is 0 Å². The Balaban J connectivity index is 2.23. The maximum absolute atomic E-state index is 12.4. The first-order chi connectivity index (χ1) is 9.89. The number of rotatable bonds is 5. The van der Waals surface area contributed by atoms with Gasteiger partial charge in [-0.25, -0.2) is 8.42 Å². The Morgan fingerprint density at radius 2 is 1.52 bits per heavy atom. The minimum Gasteiger partial charge on any atom is -0.399 e. The third-order valence-electron chi connectivity index (χ3n) is 2.96. The van der Waals surface area contributed by atoms with Crippen molar-refractivity contribution >= 4 is 21.2 Å². The minimum absolute atomic E-state index is 0.210. The molecule has 0 amide bonds. The Morgan fingerprint density at radius 3 is 2.00 bits per heavy atom. The molecule has 0 radical (unpaired) electrons. The molecule has 2 rings (SSSR count). The Labute approximate surface area is 124 Å². The normalized spacial score (nSPS) is 12.9. The largest absolute Gasteiger partial charge is 0.399 e. The maximum Gasteiger partial charge on any atom is 0.206 e. The van der Waals surface area contributed by atoms with Gasteiger partial charge in [0.25, 0.3) is 0 Å². The molecule has 0 fully saturated rings. The van der Waals surface area contributed by atoms with E-state index in [2.05, 4.69) is 5.32 Å². The molecule has 0 aliphatic heterocycles. The van der Waals surface area contributed by atoms with Gasteiger partial charge in [-0.15, -0.1) is 0 Å². The third kappa shape index (κ3) is 3.74. The van der Waals surface area contributed by atoms with E-state index in [0.717, 1.165) is 5.69 Å². The Kier molecular flexibility index (Phi) is 4.50. The fourth-order valence-corrected chi connectivity index (χ4v) is 3.06. The summed E-state index contributed by atoms with van der Waals surface area (Å²) in [4.78, 5) is 0.427. The lowest BCUT2D eigenvalue weighted by Crippen LogP contribution is -2.15. The van der Waals surface area contributed by atoms with Crippen LogP contribution >= 0.6 is 0 Å². The average molecular weight is 306 g/mol. The first-order valence-corrected chi connectivity index (χ1v) is 8.00. The number of anilines is 2. The zero-order chi connectivity index (χ0) is 15.5. The second kappa shape index (κ2) is 6.15. The number of nitrogens with two attached hydrogens (primary N) is 1. The van der Waals surface area contributed by atoms with E-state index in [4.69, 9.17) is 5.73 Å².